The molecule has 3 rings (SSSR count). The largest absolute Gasteiger partial charge is 0.326 e. The Morgan fingerprint density at radius 2 is 2.12 bits per heavy atom. The van der Waals surface area contributed by atoms with Gasteiger partial charge >= 0.3 is 0 Å². The van der Waals surface area contributed by atoms with Crippen LogP contribution < -0.4 is 0 Å². The minimum Gasteiger partial charge on any atom is -0.326 e. The first-order valence-electron chi connectivity index (χ1n) is 5.61. The maximum atomic E-state index is 5.77. The number of aromatic nitrogens is 2. The van der Waals surface area contributed by atoms with E-state index in [0.717, 1.165) is 37.5 Å². The molecule has 84 valence electrons. The van der Waals surface area contributed by atoms with Gasteiger partial charge in [-0.05, 0) is 12.1 Å². The van der Waals surface area contributed by atoms with Crippen molar-refractivity contribution in [3.63, 3.8) is 0 Å². The van der Waals surface area contributed by atoms with Crippen molar-refractivity contribution in [2.75, 3.05) is 19.0 Å². The number of hydrogen-bond donors (Lipinski definition) is 0. The highest BCUT2D eigenvalue weighted by atomic mass is 35.5. The third-order valence-corrected chi connectivity index (χ3v) is 3.31. The SMILES string of the molecule is ClCCN1CCn2c(nc3ccccc32)C1. The molecule has 0 amide bonds. The van der Waals surface area contributed by atoms with Gasteiger partial charge in [0.25, 0.3) is 0 Å². The summed E-state index contributed by atoms with van der Waals surface area (Å²) in [6, 6.07) is 8.33. The van der Waals surface area contributed by atoms with Crippen molar-refractivity contribution < 1.29 is 0 Å². The average Bonchev–Trinajstić information content (AvgIpc) is 2.67. The minimum absolute atomic E-state index is 0.695. The van der Waals surface area contributed by atoms with Crippen molar-refractivity contribution in [1.29, 1.82) is 0 Å². The number of nitrogens with zero attached hydrogens (tertiary/aromatic N) is 3. The van der Waals surface area contributed by atoms with Gasteiger partial charge in [0, 0.05) is 25.5 Å². The molecule has 0 fully saturated rings. The number of fused-ring (bicyclic) bond motifs is 3. The first-order valence-corrected chi connectivity index (χ1v) is 6.14. The summed E-state index contributed by atoms with van der Waals surface area (Å²) >= 11 is 5.77. The fraction of sp³-hybridized carbons (Fsp3) is 0.417. The van der Waals surface area contributed by atoms with Gasteiger partial charge in [0.1, 0.15) is 5.82 Å². The van der Waals surface area contributed by atoms with Gasteiger partial charge in [-0.3, -0.25) is 4.90 Å². The molecule has 0 atom stereocenters. The average molecular weight is 236 g/mol. The number of benzene rings is 1. The molecule has 1 aliphatic heterocycles. The summed E-state index contributed by atoms with van der Waals surface area (Å²) < 4.78 is 2.32. The third kappa shape index (κ3) is 1.60. The van der Waals surface area contributed by atoms with E-state index in [1.54, 1.807) is 0 Å². The molecule has 0 unspecified atom stereocenters. The van der Waals surface area contributed by atoms with Crippen molar-refractivity contribution in [1.82, 2.24) is 14.5 Å². The van der Waals surface area contributed by atoms with Gasteiger partial charge in [-0.1, -0.05) is 12.1 Å². The summed E-state index contributed by atoms with van der Waals surface area (Å²) in [5.41, 5.74) is 2.35. The van der Waals surface area contributed by atoms with Gasteiger partial charge in [-0.25, -0.2) is 4.98 Å². The number of alkyl halides is 1. The van der Waals surface area contributed by atoms with Crippen molar-refractivity contribution in [3.05, 3.63) is 30.1 Å². The van der Waals surface area contributed by atoms with Gasteiger partial charge in [-0.2, -0.15) is 0 Å². The standard InChI is InChI=1S/C12H14ClN3/c13-5-6-15-7-8-16-11-4-2-1-3-10(11)14-12(16)9-15/h1-4H,5-9H2. The zero-order valence-electron chi connectivity index (χ0n) is 9.06. The molecule has 2 heterocycles. The fourth-order valence-electron chi connectivity index (χ4n) is 2.33. The molecule has 1 aromatic heterocycles. The highest BCUT2D eigenvalue weighted by Gasteiger charge is 2.18. The van der Waals surface area contributed by atoms with Crippen molar-refractivity contribution >= 4 is 22.6 Å². The third-order valence-electron chi connectivity index (χ3n) is 3.14. The smallest absolute Gasteiger partial charge is 0.124 e. The predicted octanol–water partition coefficient (Wildman–Crippen LogP) is 2.09. The lowest BCUT2D eigenvalue weighted by Crippen LogP contribution is -2.34. The first-order chi connectivity index (χ1) is 7.88. The maximum Gasteiger partial charge on any atom is 0.124 e. The van der Waals surface area contributed by atoms with Gasteiger partial charge < -0.3 is 4.57 Å². The van der Waals surface area contributed by atoms with E-state index < -0.39 is 0 Å². The zero-order valence-corrected chi connectivity index (χ0v) is 9.82. The second kappa shape index (κ2) is 4.07. The van der Waals surface area contributed by atoms with Crippen LogP contribution in [-0.4, -0.2) is 33.4 Å². The predicted molar refractivity (Wildman–Crippen MR) is 65.7 cm³/mol. The van der Waals surface area contributed by atoms with Crippen LogP contribution in [0.3, 0.4) is 0 Å². The lowest BCUT2D eigenvalue weighted by Gasteiger charge is -2.26. The highest BCUT2D eigenvalue weighted by molar-refractivity contribution is 6.18. The first kappa shape index (κ1) is 10.1. The molecule has 1 aromatic carbocycles. The lowest BCUT2D eigenvalue weighted by atomic mass is 10.3. The van der Waals surface area contributed by atoms with E-state index in [2.05, 4.69) is 32.7 Å². The number of hydrogen-bond acceptors (Lipinski definition) is 2. The molecule has 16 heavy (non-hydrogen) atoms. The van der Waals surface area contributed by atoms with Crippen LogP contribution in [0.25, 0.3) is 11.0 Å². The Morgan fingerprint density at radius 3 is 3.00 bits per heavy atom. The summed E-state index contributed by atoms with van der Waals surface area (Å²) in [4.78, 5) is 7.02. The molecule has 0 saturated carbocycles. The minimum atomic E-state index is 0.695. The summed E-state index contributed by atoms with van der Waals surface area (Å²) in [6.07, 6.45) is 0. The van der Waals surface area contributed by atoms with Gasteiger partial charge in [-0.15, -0.1) is 11.6 Å². The molecule has 0 saturated heterocycles. The van der Waals surface area contributed by atoms with Crippen LogP contribution in [0.2, 0.25) is 0 Å². The van der Waals surface area contributed by atoms with Gasteiger partial charge in [0.2, 0.25) is 0 Å². The van der Waals surface area contributed by atoms with E-state index in [1.165, 1.54) is 5.52 Å². The Bertz CT molecular complexity index is 506. The molecular formula is C12H14ClN3. The van der Waals surface area contributed by atoms with E-state index in [4.69, 9.17) is 11.6 Å². The van der Waals surface area contributed by atoms with Crippen molar-refractivity contribution in [2.45, 2.75) is 13.1 Å². The maximum absolute atomic E-state index is 5.77. The Hall–Kier alpha value is -1.06. The van der Waals surface area contributed by atoms with E-state index in [0.29, 0.717) is 5.88 Å². The number of halogens is 1. The van der Waals surface area contributed by atoms with Crippen LogP contribution in [0.15, 0.2) is 24.3 Å². The monoisotopic (exact) mass is 235 g/mol. The Labute approximate surface area is 99.6 Å². The molecule has 0 radical (unpaired) electrons. The van der Waals surface area contributed by atoms with E-state index >= 15 is 0 Å². The quantitative estimate of drug-likeness (QED) is 0.744. The number of para-hydroxylation sites is 2. The zero-order chi connectivity index (χ0) is 11.0. The van der Waals surface area contributed by atoms with E-state index in [9.17, 15) is 0 Å². The molecule has 0 aliphatic carbocycles. The van der Waals surface area contributed by atoms with Crippen LogP contribution in [0.1, 0.15) is 5.82 Å². The molecule has 4 heteroatoms. The fourth-order valence-corrected chi connectivity index (χ4v) is 2.57. The highest BCUT2D eigenvalue weighted by Crippen LogP contribution is 2.20. The van der Waals surface area contributed by atoms with Crippen LogP contribution in [0.5, 0.6) is 0 Å². The summed E-state index contributed by atoms with van der Waals surface area (Å²) in [5, 5.41) is 0. The van der Waals surface area contributed by atoms with Crippen LogP contribution in [-0.2, 0) is 13.1 Å². The Balaban J connectivity index is 1.99. The Morgan fingerprint density at radius 1 is 1.25 bits per heavy atom. The topological polar surface area (TPSA) is 21.1 Å². The molecule has 2 aromatic rings. The van der Waals surface area contributed by atoms with E-state index in [-0.39, 0.29) is 0 Å². The summed E-state index contributed by atoms with van der Waals surface area (Å²) in [7, 11) is 0. The normalized spacial score (nSPS) is 16.6. The number of imidazole rings is 1. The van der Waals surface area contributed by atoms with Gasteiger partial charge in [0.05, 0.1) is 17.6 Å². The second-order valence-electron chi connectivity index (χ2n) is 4.13. The van der Waals surface area contributed by atoms with E-state index in [1.807, 2.05) is 6.07 Å². The van der Waals surface area contributed by atoms with Crippen molar-refractivity contribution in [3.8, 4) is 0 Å². The van der Waals surface area contributed by atoms with Crippen LogP contribution >= 0.6 is 11.6 Å². The van der Waals surface area contributed by atoms with Crippen LogP contribution in [0, 0.1) is 0 Å². The summed E-state index contributed by atoms with van der Waals surface area (Å²) in [5.74, 6) is 1.86. The second-order valence-corrected chi connectivity index (χ2v) is 4.51. The lowest BCUT2D eigenvalue weighted by molar-refractivity contribution is 0.232. The molecule has 3 nitrogen and oxygen atoms in total. The molecule has 0 spiro atoms. The molecular weight excluding hydrogens is 222 g/mol. The van der Waals surface area contributed by atoms with Crippen molar-refractivity contribution in [2.24, 2.45) is 0 Å². The van der Waals surface area contributed by atoms with Gasteiger partial charge in [0.15, 0.2) is 0 Å². The van der Waals surface area contributed by atoms with Crippen LogP contribution in [0.4, 0.5) is 0 Å². The molecule has 1 aliphatic rings. The Kier molecular flexibility index (Phi) is 2.58. The molecule has 0 bridgehead atoms. The molecule has 0 N–H and O–H groups in total. The number of rotatable bonds is 2. The summed E-state index contributed by atoms with van der Waals surface area (Å²) in [6.45, 7) is 3.96.